The van der Waals surface area contributed by atoms with Crippen molar-refractivity contribution in [3.8, 4) is 0 Å². The minimum atomic E-state index is -0.228. The van der Waals surface area contributed by atoms with E-state index in [0.29, 0.717) is 42.5 Å². The van der Waals surface area contributed by atoms with Gasteiger partial charge in [-0.15, -0.1) is 10.2 Å². The second kappa shape index (κ2) is 8.97. The number of carbonyl (C=O) groups is 1. The van der Waals surface area contributed by atoms with Gasteiger partial charge in [0.05, 0.1) is 22.5 Å². The van der Waals surface area contributed by atoms with Crippen molar-refractivity contribution in [2.24, 2.45) is 0 Å². The fraction of sp³-hybridized carbons (Fsp3) is 0.333. The zero-order valence-electron chi connectivity index (χ0n) is 18.6. The van der Waals surface area contributed by atoms with E-state index in [4.69, 9.17) is 4.98 Å². The number of para-hydroxylation sites is 3. The third kappa shape index (κ3) is 4.13. The lowest BCUT2D eigenvalue weighted by molar-refractivity contribution is -0.128. The highest BCUT2D eigenvalue weighted by Crippen LogP contribution is 2.28. The van der Waals surface area contributed by atoms with Crippen LogP contribution in [0.3, 0.4) is 0 Å². The molecule has 2 aromatic heterocycles. The number of hydrogen-bond acceptors (Lipinski definition) is 6. The van der Waals surface area contributed by atoms with Gasteiger partial charge in [0.25, 0.3) is 0 Å². The molecule has 9 heteroatoms. The topological polar surface area (TPSA) is 66.6 Å². The van der Waals surface area contributed by atoms with Gasteiger partial charge in [-0.1, -0.05) is 49.9 Å². The Kier molecular flexibility index (Phi) is 5.88. The Morgan fingerprint density at radius 2 is 1.76 bits per heavy atom. The maximum atomic E-state index is 14.1. The molecule has 2 aromatic carbocycles. The van der Waals surface area contributed by atoms with Crippen LogP contribution in [0.15, 0.2) is 53.6 Å². The summed E-state index contributed by atoms with van der Waals surface area (Å²) in [6, 6.07) is 14.7. The molecule has 1 saturated heterocycles. The van der Waals surface area contributed by atoms with Crippen LogP contribution in [-0.4, -0.2) is 62.3 Å². The quantitative estimate of drug-likeness (QED) is 0.416. The molecule has 0 bridgehead atoms. The number of piperazine rings is 1. The molecule has 0 aliphatic carbocycles. The van der Waals surface area contributed by atoms with E-state index >= 15 is 0 Å². The number of thioether (sulfide) groups is 1. The van der Waals surface area contributed by atoms with E-state index in [-0.39, 0.29) is 23.4 Å². The highest BCUT2D eigenvalue weighted by Gasteiger charge is 2.24. The fourth-order valence-corrected chi connectivity index (χ4v) is 5.04. The minimum absolute atomic E-state index is 0.0462. The van der Waals surface area contributed by atoms with Crippen molar-refractivity contribution >= 4 is 40.0 Å². The number of anilines is 1. The second-order valence-corrected chi connectivity index (χ2v) is 9.35. The Hall–Kier alpha value is -3.20. The molecule has 3 heterocycles. The van der Waals surface area contributed by atoms with E-state index in [1.807, 2.05) is 44.5 Å². The van der Waals surface area contributed by atoms with Crippen molar-refractivity contribution in [1.29, 1.82) is 0 Å². The van der Waals surface area contributed by atoms with E-state index in [0.717, 1.165) is 16.9 Å². The van der Waals surface area contributed by atoms with E-state index < -0.39 is 0 Å². The van der Waals surface area contributed by atoms with Gasteiger partial charge in [-0.05, 0) is 24.3 Å². The molecule has 1 aliphatic rings. The van der Waals surface area contributed by atoms with Gasteiger partial charge >= 0.3 is 0 Å². The molecule has 0 unspecified atom stereocenters. The van der Waals surface area contributed by atoms with Crippen molar-refractivity contribution in [1.82, 2.24) is 24.5 Å². The summed E-state index contributed by atoms with van der Waals surface area (Å²) < 4.78 is 16.1. The SMILES string of the molecule is CC(C)c1nnc2c(SCC(=O)N3CCN(c4ccccc4F)CC3)nc3ccccc3n12. The Labute approximate surface area is 195 Å². The number of aromatic nitrogens is 4. The largest absolute Gasteiger partial charge is 0.366 e. The number of amides is 1. The Bertz CT molecular complexity index is 1320. The smallest absolute Gasteiger partial charge is 0.233 e. The number of carbonyl (C=O) groups excluding carboxylic acids is 1. The summed E-state index contributed by atoms with van der Waals surface area (Å²) in [6.07, 6.45) is 0. The van der Waals surface area contributed by atoms with Gasteiger partial charge in [0.15, 0.2) is 5.65 Å². The molecule has 170 valence electrons. The Balaban J connectivity index is 1.31. The van der Waals surface area contributed by atoms with E-state index in [1.165, 1.54) is 17.8 Å². The van der Waals surface area contributed by atoms with Crippen LogP contribution in [0.4, 0.5) is 10.1 Å². The minimum Gasteiger partial charge on any atom is -0.366 e. The van der Waals surface area contributed by atoms with Gasteiger partial charge in [-0.3, -0.25) is 9.20 Å². The predicted molar refractivity (Wildman–Crippen MR) is 128 cm³/mol. The molecule has 0 N–H and O–H groups in total. The van der Waals surface area contributed by atoms with Crippen molar-refractivity contribution in [2.75, 3.05) is 36.8 Å². The molecular weight excluding hydrogens is 439 g/mol. The average molecular weight is 465 g/mol. The molecule has 7 nitrogen and oxygen atoms in total. The summed E-state index contributed by atoms with van der Waals surface area (Å²) in [5.41, 5.74) is 3.08. The fourth-order valence-electron chi connectivity index (χ4n) is 4.18. The first-order chi connectivity index (χ1) is 16.0. The molecular formula is C24H25FN6OS. The lowest BCUT2D eigenvalue weighted by atomic mass is 10.2. The summed E-state index contributed by atoms with van der Waals surface area (Å²) >= 11 is 1.39. The van der Waals surface area contributed by atoms with Gasteiger partial charge in [-0.25, -0.2) is 9.37 Å². The Morgan fingerprint density at radius 1 is 1.03 bits per heavy atom. The summed E-state index contributed by atoms with van der Waals surface area (Å²) in [7, 11) is 0. The van der Waals surface area contributed by atoms with Crippen LogP contribution in [0, 0.1) is 5.82 Å². The number of hydrogen-bond donors (Lipinski definition) is 0. The normalized spacial score (nSPS) is 14.5. The van der Waals surface area contributed by atoms with E-state index in [2.05, 4.69) is 24.0 Å². The van der Waals surface area contributed by atoms with Crippen LogP contribution in [0.1, 0.15) is 25.6 Å². The summed E-state index contributed by atoms with van der Waals surface area (Å²) in [5.74, 6) is 1.17. The third-order valence-corrected chi connectivity index (χ3v) is 6.84. The Morgan fingerprint density at radius 3 is 2.52 bits per heavy atom. The molecule has 1 amide bonds. The lowest BCUT2D eigenvalue weighted by Gasteiger charge is -2.36. The average Bonchev–Trinajstić information content (AvgIpc) is 3.29. The monoisotopic (exact) mass is 464 g/mol. The zero-order valence-corrected chi connectivity index (χ0v) is 19.4. The van der Waals surface area contributed by atoms with Crippen LogP contribution in [-0.2, 0) is 4.79 Å². The molecule has 33 heavy (non-hydrogen) atoms. The van der Waals surface area contributed by atoms with Crippen molar-refractivity contribution in [2.45, 2.75) is 24.8 Å². The molecule has 1 aliphatic heterocycles. The van der Waals surface area contributed by atoms with Gasteiger partial charge in [0.2, 0.25) is 5.91 Å². The van der Waals surface area contributed by atoms with Gasteiger partial charge in [0.1, 0.15) is 16.7 Å². The predicted octanol–water partition coefficient (Wildman–Crippen LogP) is 3.98. The molecule has 4 aromatic rings. The van der Waals surface area contributed by atoms with Crippen LogP contribution in [0.25, 0.3) is 16.7 Å². The lowest BCUT2D eigenvalue weighted by Crippen LogP contribution is -2.49. The van der Waals surface area contributed by atoms with E-state index in [9.17, 15) is 9.18 Å². The van der Waals surface area contributed by atoms with Gasteiger partial charge in [0, 0.05) is 32.1 Å². The van der Waals surface area contributed by atoms with Crippen LogP contribution in [0.5, 0.6) is 0 Å². The molecule has 5 rings (SSSR count). The number of benzene rings is 2. The van der Waals surface area contributed by atoms with Crippen molar-refractivity contribution in [3.05, 3.63) is 60.2 Å². The first-order valence-corrected chi connectivity index (χ1v) is 12.1. The van der Waals surface area contributed by atoms with Crippen LogP contribution < -0.4 is 4.90 Å². The summed E-state index contributed by atoms with van der Waals surface area (Å²) in [6.45, 7) is 6.52. The maximum Gasteiger partial charge on any atom is 0.233 e. The first-order valence-electron chi connectivity index (χ1n) is 11.1. The molecule has 0 radical (unpaired) electrons. The maximum absolute atomic E-state index is 14.1. The zero-order chi connectivity index (χ0) is 22.9. The summed E-state index contributed by atoms with van der Waals surface area (Å²) in [5, 5.41) is 9.49. The first kappa shape index (κ1) is 21.6. The van der Waals surface area contributed by atoms with Gasteiger partial charge in [-0.2, -0.15) is 0 Å². The molecule has 0 saturated carbocycles. The van der Waals surface area contributed by atoms with E-state index in [1.54, 1.807) is 12.1 Å². The van der Waals surface area contributed by atoms with Crippen molar-refractivity contribution < 1.29 is 9.18 Å². The highest BCUT2D eigenvalue weighted by molar-refractivity contribution is 8.00. The molecule has 0 atom stereocenters. The number of fused-ring (bicyclic) bond motifs is 3. The standard InChI is InChI=1S/C24H25FN6OS/c1-16(2)22-27-28-23-24(26-18-8-4-6-10-20(18)31(22)23)33-15-21(32)30-13-11-29(12-14-30)19-9-5-3-7-17(19)25/h3-10,16H,11-15H2,1-2H3. The molecule has 1 fully saturated rings. The number of rotatable bonds is 5. The van der Waals surface area contributed by atoms with Gasteiger partial charge < -0.3 is 9.80 Å². The summed E-state index contributed by atoms with van der Waals surface area (Å²) in [4.78, 5) is 21.5. The number of nitrogens with zero attached hydrogens (tertiary/aromatic N) is 6. The highest BCUT2D eigenvalue weighted by atomic mass is 32.2. The second-order valence-electron chi connectivity index (χ2n) is 8.39. The third-order valence-electron chi connectivity index (χ3n) is 5.90. The molecule has 0 spiro atoms. The van der Waals surface area contributed by atoms with Crippen molar-refractivity contribution in [3.63, 3.8) is 0 Å². The van der Waals surface area contributed by atoms with Crippen LogP contribution >= 0.6 is 11.8 Å². The van der Waals surface area contributed by atoms with Crippen LogP contribution in [0.2, 0.25) is 0 Å². The number of halogens is 1.